The molecule has 0 saturated heterocycles. The lowest BCUT2D eigenvalue weighted by Crippen LogP contribution is -2.41. The highest BCUT2D eigenvalue weighted by molar-refractivity contribution is 5.98. The van der Waals surface area contributed by atoms with Crippen LogP contribution in [0.15, 0.2) is 23.0 Å². The van der Waals surface area contributed by atoms with Gasteiger partial charge in [0.25, 0.3) is 11.5 Å². The highest BCUT2D eigenvalue weighted by Crippen LogP contribution is 2.16. The Morgan fingerprint density at radius 1 is 1.29 bits per heavy atom. The van der Waals surface area contributed by atoms with Crippen LogP contribution in [0, 0.1) is 0 Å². The molecular formula is C17H20N4O3. The molecule has 0 fully saturated rings. The number of aryl methyl sites for hydroxylation is 1. The molecule has 2 aromatic rings. The molecule has 0 bridgehead atoms. The van der Waals surface area contributed by atoms with Crippen molar-refractivity contribution >= 4 is 22.7 Å². The van der Waals surface area contributed by atoms with E-state index in [1.165, 1.54) is 0 Å². The molecule has 24 heavy (non-hydrogen) atoms. The highest BCUT2D eigenvalue weighted by Gasteiger charge is 2.17. The Hall–Kier alpha value is -2.70. The molecule has 3 rings (SSSR count). The van der Waals surface area contributed by atoms with Crippen molar-refractivity contribution in [1.29, 1.82) is 0 Å². The first-order chi connectivity index (χ1) is 11.6. The molecule has 0 aliphatic carbocycles. The fourth-order valence-corrected chi connectivity index (χ4v) is 2.82. The summed E-state index contributed by atoms with van der Waals surface area (Å²) in [7, 11) is 0. The van der Waals surface area contributed by atoms with E-state index in [-0.39, 0.29) is 11.5 Å². The maximum atomic E-state index is 12.4. The summed E-state index contributed by atoms with van der Waals surface area (Å²) in [5.74, 6) is 0.113. The second kappa shape index (κ2) is 6.82. The third kappa shape index (κ3) is 3.15. The van der Waals surface area contributed by atoms with Gasteiger partial charge in [-0.1, -0.05) is 13.3 Å². The molecule has 0 spiro atoms. The standard InChI is InChI=1S/C17H20N4O3/c1-2-3-6-15(22)19-20-16(23)11-7-8-12-13(10-11)18-14-5-4-9-21(14)17(12)24/h7-8,10H,2-6,9H2,1H3,(H,19,22)(H,20,23). The van der Waals surface area contributed by atoms with Crippen LogP contribution in [0.25, 0.3) is 10.9 Å². The van der Waals surface area contributed by atoms with Crippen LogP contribution in [0.1, 0.15) is 48.8 Å². The van der Waals surface area contributed by atoms with Crippen molar-refractivity contribution in [3.63, 3.8) is 0 Å². The fourth-order valence-electron chi connectivity index (χ4n) is 2.82. The smallest absolute Gasteiger partial charge is 0.269 e. The van der Waals surface area contributed by atoms with Gasteiger partial charge in [-0.25, -0.2) is 4.98 Å². The van der Waals surface area contributed by atoms with Crippen LogP contribution in [0.2, 0.25) is 0 Å². The molecule has 2 heterocycles. The summed E-state index contributed by atoms with van der Waals surface area (Å²) in [4.78, 5) is 40.6. The zero-order valence-corrected chi connectivity index (χ0v) is 13.6. The van der Waals surface area contributed by atoms with E-state index >= 15 is 0 Å². The van der Waals surface area contributed by atoms with Crippen molar-refractivity contribution < 1.29 is 9.59 Å². The average molecular weight is 328 g/mol. The molecule has 1 aliphatic heterocycles. The number of unbranched alkanes of at least 4 members (excludes halogenated alkanes) is 1. The molecule has 0 atom stereocenters. The second-order valence-electron chi connectivity index (χ2n) is 5.93. The number of hydrogen-bond donors (Lipinski definition) is 2. The molecule has 1 aliphatic rings. The number of carbonyl (C=O) groups excluding carboxylic acids is 2. The maximum absolute atomic E-state index is 12.4. The molecule has 7 nitrogen and oxygen atoms in total. The van der Waals surface area contributed by atoms with Crippen LogP contribution in [0.3, 0.4) is 0 Å². The average Bonchev–Trinajstić information content (AvgIpc) is 3.06. The van der Waals surface area contributed by atoms with Crippen molar-refractivity contribution in [2.45, 2.75) is 45.6 Å². The molecule has 2 amide bonds. The van der Waals surface area contributed by atoms with E-state index in [0.717, 1.165) is 31.5 Å². The molecule has 0 unspecified atom stereocenters. The number of fused-ring (bicyclic) bond motifs is 2. The van der Waals surface area contributed by atoms with E-state index in [1.807, 2.05) is 6.92 Å². The normalized spacial score (nSPS) is 12.9. The molecule has 2 N–H and O–H groups in total. The summed E-state index contributed by atoms with van der Waals surface area (Å²) in [6.07, 6.45) is 3.75. The van der Waals surface area contributed by atoms with Crippen LogP contribution < -0.4 is 16.4 Å². The van der Waals surface area contributed by atoms with Crippen molar-refractivity contribution in [3.8, 4) is 0 Å². The summed E-state index contributed by atoms with van der Waals surface area (Å²) >= 11 is 0. The topological polar surface area (TPSA) is 93.1 Å². The SMILES string of the molecule is CCCCC(=O)NNC(=O)c1ccc2c(=O)n3c(nc2c1)CCC3. The molecule has 1 aromatic carbocycles. The van der Waals surface area contributed by atoms with Gasteiger partial charge in [-0.2, -0.15) is 0 Å². The van der Waals surface area contributed by atoms with Crippen LogP contribution in [-0.4, -0.2) is 21.4 Å². The van der Waals surface area contributed by atoms with Gasteiger partial charge in [0, 0.05) is 24.9 Å². The summed E-state index contributed by atoms with van der Waals surface area (Å²) < 4.78 is 1.69. The zero-order valence-electron chi connectivity index (χ0n) is 13.6. The minimum absolute atomic E-state index is 0.0627. The van der Waals surface area contributed by atoms with Crippen molar-refractivity contribution in [2.75, 3.05) is 0 Å². The Morgan fingerprint density at radius 2 is 2.12 bits per heavy atom. The number of rotatable bonds is 4. The van der Waals surface area contributed by atoms with Crippen LogP contribution in [-0.2, 0) is 17.8 Å². The quantitative estimate of drug-likeness (QED) is 0.827. The third-order valence-corrected chi connectivity index (χ3v) is 4.15. The molecule has 0 saturated carbocycles. The van der Waals surface area contributed by atoms with E-state index in [4.69, 9.17) is 0 Å². The minimum atomic E-state index is -0.427. The molecule has 7 heteroatoms. The number of benzene rings is 1. The number of nitrogens with one attached hydrogen (secondary N) is 2. The first-order valence-electron chi connectivity index (χ1n) is 8.23. The van der Waals surface area contributed by atoms with Gasteiger partial charge in [0.05, 0.1) is 10.9 Å². The number of carbonyl (C=O) groups is 2. The van der Waals surface area contributed by atoms with Gasteiger partial charge in [-0.3, -0.25) is 29.8 Å². The molecule has 0 radical (unpaired) electrons. The van der Waals surface area contributed by atoms with Crippen LogP contribution >= 0.6 is 0 Å². The van der Waals surface area contributed by atoms with Gasteiger partial charge >= 0.3 is 0 Å². The fraction of sp³-hybridized carbons (Fsp3) is 0.412. The lowest BCUT2D eigenvalue weighted by Gasteiger charge is -2.09. The van der Waals surface area contributed by atoms with Gasteiger partial charge < -0.3 is 0 Å². The van der Waals surface area contributed by atoms with Crippen LogP contribution in [0.4, 0.5) is 0 Å². The Kier molecular flexibility index (Phi) is 4.59. The number of hydrogen-bond acceptors (Lipinski definition) is 4. The second-order valence-corrected chi connectivity index (χ2v) is 5.93. The monoisotopic (exact) mass is 328 g/mol. The number of amides is 2. The summed E-state index contributed by atoms with van der Waals surface area (Å²) in [6, 6.07) is 4.77. The van der Waals surface area contributed by atoms with E-state index < -0.39 is 5.91 Å². The van der Waals surface area contributed by atoms with Gasteiger partial charge in [0.2, 0.25) is 5.91 Å². The molecule has 1 aromatic heterocycles. The Balaban J connectivity index is 1.78. The van der Waals surface area contributed by atoms with E-state index in [9.17, 15) is 14.4 Å². The van der Waals surface area contributed by atoms with E-state index in [1.54, 1.807) is 22.8 Å². The minimum Gasteiger partial charge on any atom is -0.296 e. The molecular weight excluding hydrogens is 308 g/mol. The van der Waals surface area contributed by atoms with Gasteiger partial charge in [-0.15, -0.1) is 0 Å². The third-order valence-electron chi connectivity index (χ3n) is 4.15. The van der Waals surface area contributed by atoms with E-state index in [0.29, 0.717) is 29.4 Å². The predicted octanol–water partition coefficient (Wildman–Crippen LogP) is 1.29. The van der Waals surface area contributed by atoms with Crippen LogP contribution in [0.5, 0.6) is 0 Å². The zero-order chi connectivity index (χ0) is 17.1. The lowest BCUT2D eigenvalue weighted by molar-refractivity contribution is -0.121. The first kappa shape index (κ1) is 16.2. The van der Waals surface area contributed by atoms with Gasteiger partial charge in [0.1, 0.15) is 5.82 Å². The number of hydrazine groups is 1. The van der Waals surface area contributed by atoms with Gasteiger partial charge in [-0.05, 0) is 31.0 Å². The largest absolute Gasteiger partial charge is 0.296 e. The van der Waals surface area contributed by atoms with Crippen molar-refractivity contribution in [3.05, 3.63) is 39.9 Å². The number of nitrogens with zero attached hydrogens (tertiary/aromatic N) is 2. The predicted molar refractivity (Wildman–Crippen MR) is 89.5 cm³/mol. The van der Waals surface area contributed by atoms with Crippen molar-refractivity contribution in [1.82, 2.24) is 20.4 Å². The van der Waals surface area contributed by atoms with Gasteiger partial charge in [0.15, 0.2) is 0 Å². The number of aromatic nitrogens is 2. The Labute approximate surface area is 139 Å². The summed E-state index contributed by atoms with van der Waals surface area (Å²) in [6.45, 7) is 2.69. The Morgan fingerprint density at radius 3 is 2.92 bits per heavy atom. The summed E-state index contributed by atoms with van der Waals surface area (Å²) in [5, 5.41) is 0.504. The molecule has 126 valence electrons. The highest BCUT2D eigenvalue weighted by atomic mass is 16.2. The lowest BCUT2D eigenvalue weighted by atomic mass is 10.1. The summed E-state index contributed by atoms with van der Waals surface area (Å²) in [5.41, 5.74) is 5.59. The first-order valence-corrected chi connectivity index (χ1v) is 8.23. The Bertz CT molecular complexity index is 857. The maximum Gasteiger partial charge on any atom is 0.269 e. The van der Waals surface area contributed by atoms with Crippen molar-refractivity contribution in [2.24, 2.45) is 0 Å². The van der Waals surface area contributed by atoms with E-state index in [2.05, 4.69) is 15.8 Å².